The molecule has 0 aliphatic carbocycles. The molecule has 4 aromatic rings. The second kappa shape index (κ2) is 12.3. The maximum atomic E-state index is 13.5. The van der Waals surface area contributed by atoms with Crippen molar-refractivity contribution in [3.05, 3.63) is 130 Å². The standard InChI is InChI=1S/C30H29ClN2O4S/c1-3-37-28-19-14-24(20-25(28)21-33(2)38(35,36)27-17-15-26(31)16-18-27)30(34)32-29(22-10-6-4-7-11-22)23-12-8-5-9-13-23/h4-20,29H,3,21H2,1-2H3,(H,32,34). The predicted octanol–water partition coefficient (Wildman–Crippen LogP) is 6.08. The van der Waals surface area contributed by atoms with Gasteiger partial charge in [0.1, 0.15) is 5.75 Å². The zero-order chi connectivity index (χ0) is 27.1. The number of amides is 1. The molecule has 0 unspecified atom stereocenters. The maximum Gasteiger partial charge on any atom is 0.252 e. The summed E-state index contributed by atoms with van der Waals surface area (Å²) in [5, 5.41) is 3.59. The Morgan fingerprint density at radius 2 is 1.47 bits per heavy atom. The molecule has 0 aliphatic rings. The highest BCUT2D eigenvalue weighted by Gasteiger charge is 2.24. The zero-order valence-electron chi connectivity index (χ0n) is 21.2. The van der Waals surface area contributed by atoms with Crippen LogP contribution >= 0.6 is 11.6 Å². The predicted molar refractivity (Wildman–Crippen MR) is 150 cm³/mol. The van der Waals surface area contributed by atoms with Crippen LogP contribution in [0.2, 0.25) is 5.02 Å². The summed E-state index contributed by atoms with van der Waals surface area (Å²) >= 11 is 5.92. The third kappa shape index (κ3) is 6.42. The Labute approximate surface area is 228 Å². The fraction of sp³-hybridized carbons (Fsp3) is 0.167. The van der Waals surface area contributed by atoms with Crippen molar-refractivity contribution >= 4 is 27.5 Å². The van der Waals surface area contributed by atoms with Crippen LogP contribution in [0.25, 0.3) is 0 Å². The Kier molecular flexibility index (Phi) is 8.84. The molecule has 4 rings (SSSR count). The summed E-state index contributed by atoms with van der Waals surface area (Å²) in [5.41, 5.74) is 2.88. The van der Waals surface area contributed by atoms with E-state index < -0.39 is 10.0 Å². The molecule has 8 heteroatoms. The van der Waals surface area contributed by atoms with Gasteiger partial charge in [0.25, 0.3) is 5.91 Å². The van der Waals surface area contributed by atoms with Crippen LogP contribution in [0.15, 0.2) is 108 Å². The molecule has 1 amide bonds. The fourth-order valence-electron chi connectivity index (χ4n) is 4.12. The second-order valence-corrected chi connectivity index (χ2v) is 11.2. The lowest BCUT2D eigenvalue weighted by Crippen LogP contribution is -2.30. The van der Waals surface area contributed by atoms with Gasteiger partial charge in [-0.3, -0.25) is 4.79 Å². The van der Waals surface area contributed by atoms with Gasteiger partial charge in [0, 0.05) is 29.7 Å². The minimum Gasteiger partial charge on any atom is -0.494 e. The van der Waals surface area contributed by atoms with Crippen molar-refractivity contribution in [3.63, 3.8) is 0 Å². The van der Waals surface area contributed by atoms with Crippen molar-refractivity contribution in [3.8, 4) is 5.75 Å². The van der Waals surface area contributed by atoms with Crippen LogP contribution in [0.1, 0.15) is 40.0 Å². The minimum atomic E-state index is -3.79. The van der Waals surface area contributed by atoms with Crippen molar-refractivity contribution in [2.24, 2.45) is 0 Å². The van der Waals surface area contributed by atoms with Gasteiger partial charge in [-0.25, -0.2) is 8.42 Å². The van der Waals surface area contributed by atoms with E-state index in [1.165, 1.54) is 35.6 Å². The average Bonchev–Trinajstić information content (AvgIpc) is 2.93. The molecule has 0 saturated carbocycles. The third-order valence-corrected chi connectivity index (χ3v) is 8.15. The summed E-state index contributed by atoms with van der Waals surface area (Å²) in [6, 6.07) is 30.2. The van der Waals surface area contributed by atoms with Gasteiger partial charge in [-0.1, -0.05) is 72.3 Å². The largest absolute Gasteiger partial charge is 0.494 e. The van der Waals surface area contributed by atoms with Crippen molar-refractivity contribution < 1.29 is 17.9 Å². The Bertz CT molecular complexity index is 1440. The summed E-state index contributed by atoms with van der Waals surface area (Å²) in [6.07, 6.45) is 0. The first-order valence-corrected chi connectivity index (χ1v) is 14.0. The number of nitrogens with zero attached hydrogens (tertiary/aromatic N) is 1. The Balaban J connectivity index is 1.62. The molecule has 0 atom stereocenters. The molecule has 0 radical (unpaired) electrons. The zero-order valence-corrected chi connectivity index (χ0v) is 22.7. The fourth-order valence-corrected chi connectivity index (χ4v) is 5.39. The van der Waals surface area contributed by atoms with Gasteiger partial charge in [0.2, 0.25) is 10.0 Å². The minimum absolute atomic E-state index is 0.0161. The quantitative estimate of drug-likeness (QED) is 0.261. The summed E-state index contributed by atoms with van der Waals surface area (Å²) < 4.78 is 33.3. The lowest BCUT2D eigenvalue weighted by molar-refractivity contribution is 0.0942. The van der Waals surface area contributed by atoms with E-state index >= 15 is 0 Å². The first-order chi connectivity index (χ1) is 18.3. The molecule has 6 nitrogen and oxygen atoms in total. The first-order valence-electron chi connectivity index (χ1n) is 12.2. The van der Waals surface area contributed by atoms with E-state index in [9.17, 15) is 13.2 Å². The molecule has 0 bridgehead atoms. The Hall–Kier alpha value is -3.65. The van der Waals surface area contributed by atoms with E-state index in [0.29, 0.717) is 28.5 Å². The van der Waals surface area contributed by atoms with E-state index in [0.717, 1.165) is 11.1 Å². The summed E-state index contributed by atoms with van der Waals surface area (Å²) in [7, 11) is -2.30. The Morgan fingerprint density at radius 3 is 2.03 bits per heavy atom. The molecular weight excluding hydrogens is 520 g/mol. The number of hydrogen-bond donors (Lipinski definition) is 1. The maximum absolute atomic E-state index is 13.5. The van der Waals surface area contributed by atoms with Gasteiger partial charge in [-0.15, -0.1) is 0 Å². The van der Waals surface area contributed by atoms with Crippen LogP contribution < -0.4 is 10.1 Å². The van der Waals surface area contributed by atoms with E-state index in [1.54, 1.807) is 18.2 Å². The Morgan fingerprint density at radius 1 is 0.895 bits per heavy atom. The number of sulfonamides is 1. The first kappa shape index (κ1) is 27.4. The lowest BCUT2D eigenvalue weighted by atomic mass is 9.98. The molecule has 0 fully saturated rings. The van der Waals surface area contributed by atoms with Gasteiger partial charge in [0.05, 0.1) is 17.5 Å². The van der Waals surface area contributed by atoms with Gasteiger partial charge in [-0.2, -0.15) is 4.31 Å². The van der Waals surface area contributed by atoms with Crippen LogP contribution in [0.4, 0.5) is 0 Å². The van der Waals surface area contributed by atoms with Gasteiger partial charge >= 0.3 is 0 Å². The SMILES string of the molecule is CCOc1ccc(C(=O)NC(c2ccccc2)c2ccccc2)cc1CN(C)S(=O)(=O)c1ccc(Cl)cc1. The van der Waals surface area contributed by atoms with Crippen molar-refractivity contribution in [1.29, 1.82) is 0 Å². The molecular formula is C30H29ClN2O4S. The molecule has 196 valence electrons. The molecule has 1 N–H and O–H groups in total. The summed E-state index contributed by atoms with van der Waals surface area (Å²) in [5.74, 6) is 0.236. The molecule has 0 heterocycles. The number of benzene rings is 4. The van der Waals surface area contributed by atoms with Gasteiger partial charge in [-0.05, 0) is 60.5 Å². The van der Waals surface area contributed by atoms with Crippen LogP contribution in [0.5, 0.6) is 5.75 Å². The van der Waals surface area contributed by atoms with Crippen LogP contribution in [0, 0.1) is 0 Å². The molecule has 0 aliphatic heterocycles. The monoisotopic (exact) mass is 548 g/mol. The van der Waals surface area contributed by atoms with E-state index in [1.807, 2.05) is 67.6 Å². The molecule has 4 aromatic carbocycles. The number of carbonyl (C=O) groups excluding carboxylic acids is 1. The van der Waals surface area contributed by atoms with E-state index in [2.05, 4.69) is 5.32 Å². The highest BCUT2D eigenvalue weighted by atomic mass is 35.5. The molecule has 0 aromatic heterocycles. The number of hydrogen-bond acceptors (Lipinski definition) is 4. The van der Waals surface area contributed by atoms with Crippen LogP contribution in [-0.2, 0) is 16.6 Å². The summed E-state index contributed by atoms with van der Waals surface area (Å²) in [6.45, 7) is 2.27. The number of carbonyl (C=O) groups is 1. The molecule has 0 saturated heterocycles. The van der Waals surface area contributed by atoms with Crippen molar-refractivity contribution in [2.75, 3.05) is 13.7 Å². The second-order valence-electron chi connectivity index (χ2n) is 8.70. The van der Waals surface area contributed by atoms with Crippen molar-refractivity contribution in [1.82, 2.24) is 9.62 Å². The van der Waals surface area contributed by atoms with Crippen LogP contribution in [0.3, 0.4) is 0 Å². The molecule has 38 heavy (non-hydrogen) atoms. The normalized spacial score (nSPS) is 11.5. The van der Waals surface area contributed by atoms with Crippen molar-refractivity contribution in [2.45, 2.75) is 24.4 Å². The average molecular weight is 549 g/mol. The van der Waals surface area contributed by atoms with E-state index in [4.69, 9.17) is 16.3 Å². The van der Waals surface area contributed by atoms with E-state index in [-0.39, 0.29) is 23.4 Å². The molecule has 0 spiro atoms. The summed E-state index contributed by atoms with van der Waals surface area (Å²) in [4.78, 5) is 13.6. The smallest absolute Gasteiger partial charge is 0.252 e. The van der Waals surface area contributed by atoms with Crippen LogP contribution in [-0.4, -0.2) is 32.3 Å². The topological polar surface area (TPSA) is 75.7 Å². The number of ether oxygens (including phenoxy) is 1. The number of rotatable bonds is 10. The third-order valence-electron chi connectivity index (χ3n) is 6.08. The highest BCUT2D eigenvalue weighted by Crippen LogP contribution is 2.27. The van der Waals surface area contributed by atoms with Gasteiger partial charge < -0.3 is 10.1 Å². The number of halogens is 1. The number of nitrogens with one attached hydrogen (secondary N) is 1. The highest BCUT2D eigenvalue weighted by molar-refractivity contribution is 7.89. The van der Waals surface area contributed by atoms with Gasteiger partial charge in [0.15, 0.2) is 0 Å². The lowest BCUT2D eigenvalue weighted by Gasteiger charge is -2.22.